The molecular formula is C7H5I2NO3. The minimum atomic E-state index is -0.434. The van der Waals surface area contributed by atoms with Crippen LogP contribution in [0.25, 0.3) is 0 Å². The summed E-state index contributed by atoms with van der Waals surface area (Å²) in [5.74, 6) is 0.307. The lowest BCUT2D eigenvalue weighted by molar-refractivity contribution is -0.386. The van der Waals surface area contributed by atoms with E-state index in [4.69, 9.17) is 4.74 Å². The summed E-state index contributed by atoms with van der Waals surface area (Å²) >= 11 is 4.01. The minimum absolute atomic E-state index is 0.0310. The molecule has 0 atom stereocenters. The van der Waals surface area contributed by atoms with Crippen LogP contribution in [0.5, 0.6) is 5.75 Å². The number of hydrogen-bond acceptors (Lipinski definition) is 3. The minimum Gasteiger partial charge on any atom is -0.490 e. The Kier molecular flexibility index (Phi) is 3.71. The van der Waals surface area contributed by atoms with Gasteiger partial charge in [0, 0.05) is 9.64 Å². The van der Waals surface area contributed by atoms with E-state index in [-0.39, 0.29) is 5.69 Å². The van der Waals surface area contributed by atoms with E-state index in [1.807, 2.05) is 22.6 Å². The first-order valence-electron chi connectivity index (χ1n) is 3.23. The van der Waals surface area contributed by atoms with Gasteiger partial charge in [-0.1, -0.05) is 0 Å². The van der Waals surface area contributed by atoms with Crippen LogP contribution in [0.15, 0.2) is 12.1 Å². The van der Waals surface area contributed by atoms with Crippen molar-refractivity contribution < 1.29 is 9.66 Å². The van der Waals surface area contributed by atoms with Gasteiger partial charge in [0.15, 0.2) is 5.75 Å². The molecule has 0 N–H and O–H groups in total. The highest BCUT2D eigenvalue weighted by atomic mass is 127. The number of nitro groups is 1. The van der Waals surface area contributed by atoms with E-state index in [9.17, 15) is 10.1 Å². The van der Waals surface area contributed by atoms with Crippen LogP contribution in [-0.2, 0) is 0 Å². The fourth-order valence-electron chi connectivity index (χ4n) is 0.875. The molecule has 0 aliphatic heterocycles. The Labute approximate surface area is 102 Å². The van der Waals surface area contributed by atoms with E-state index < -0.39 is 4.92 Å². The van der Waals surface area contributed by atoms with Crippen molar-refractivity contribution in [2.24, 2.45) is 0 Å². The van der Waals surface area contributed by atoms with Crippen LogP contribution in [0.3, 0.4) is 0 Å². The molecular weight excluding hydrogens is 400 g/mol. The fourth-order valence-corrected chi connectivity index (χ4v) is 2.86. The van der Waals surface area contributed by atoms with Crippen molar-refractivity contribution >= 4 is 50.9 Å². The van der Waals surface area contributed by atoms with Crippen LogP contribution < -0.4 is 4.74 Å². The molecule has 1 aromatic carbocycles. The third-order valence-electron chi connectivity index (χ3n) is 1.40. The number of benzene rings is 1. The Bertz CT molecular complexity index is 354. The van der Waals surface area contributed by atoms with E-state index in [0.29, 0.717) is 9.32 Å². The number of nitro benzene ring substituents is 1. The van der Waals surface area contributed by atoms with Gasteiger partial charge in [-0.15, -0.1) is 0 Å². The van der Waals surface area contributed by atoms with Gasteiger partial charge in [-0.05, 0) is 51.2 Å². The SMILES string of the molecule is COc1cc(I)cc(I)c1[N+](=O)[O-]. The maximum Gasteiger partial charge on any atom is 0.324 e. The van der Waals surface area contributed by atoms with E-state index in [0.717, 1.165) is 3.57 Å². The molecule has 0 saturated carbocycles. The van der Waals surface area contributed by atoms with Crippen molar-refractivity contribution in [2.45, 2.75) is 0 Å². The van der Waals surface area contributed by atoms with E-state index in [2.05, 4.69) is 22.6 Å². The molecule has 13 heavy (non-hydrogen) atoms. The molecule has 0 aliphatic carbocycles. The number of hydrogen-bond donors (Lipinski definition) is 0. The van der Waals surface area contributed by atoms with Crippen molar-refractivity contribution in [1.82, 2.24) is 0 Å². The Morgan fingerprint density at radius 1 is 1.46 bits per heavy atom. The summed E-state index contributed by atoms with van der Waals surface area (Å²) in [6.45, 7) is 0. The molecule has 0 unspecified atom stereocenters. The lowest BCUT2D eigenvalue weighted by Crippen LogP contribution is -1.96. The fraction of sp³-hybridized carbons (Fsp3) is 0.143. The molecule has 0 saturated heterocycles. The maximum atomic E-state index is 10.6. The third-order valence-corrected chi connectivity index (χ3v) is 2.84. The molecule has 0 heterocycles. The highest BCUT2D eigenvalue weighted by Gasteiger charge is 2.19. The monoisotopic (exact) mass is 405 g/mol. The van der Waals surface area contributed by atoms with Gasteiger partial charge in [-0.3, -0.25) is 10.1 Å². The van der Waals surface area contributed by atoms with Crippen LogP contribution in [0.1, 0.15) is 0 Å². The van der Waals surface area contributed by atoms with E-state index in [1.54, 1.807) is 12.1 Å². The second-order valence-corrected chi connectivity index (χ2v) is 4.60. The van der Waals surface area contributed by atoms with Gasteiger partial charge in [0.2, 0.25) is 0 Å². The highest BCUT2D eigenvalue weighted by molar-refractivity contribution is 14.1. The Hall–Kier alpha value is -0.120. The number of ether oxygens (including phenoxy) is 1. The summed E-state index contributed by atoms with van der Waals surface area (Å²) in [7, 11) is 1.43. The number of methoxy groups -OCH3 is 1. The normalized spacial score (nSPS) is 9.77. The molecule has 1 rings (SSSR count). The van der Waals surface area contributed by atoms with Crippen molar-refractivity contribution in [3.63, 3.8) is 0 Å². The van der Waals surface area contributed by atoms with Crippen LogP contribution in [0, 0.1) is 17.3 Å². The summed E-state index contributed by atoms with van der Waals surface area (Å²) < 4.78 is 6.43. The Morgan fingerprint density at radius 3 is 2.54 bits per heavy atom. The maximum absolute atomic E-state index is 10.6. The number of nitrogens with zero attached hydrogens (tertiary/aromatic N) is 1. The van der Waals surface area contributed by atoms with Crippen LogP contribution in [-0.4, -0.2) is 12.0 Å². The van der Waals surface area contributed by atoms with Crippen molar-refractivity contribution in [3.8, 4) is 5.75 Å². The van der Waals surface area contributed by atoms with Gasteiger partial charge >= 0.3 is 5.69 Å². The van der Waals surface area contributed by atoms with Gasteiger partial charge in [-0.2, -0.15) is 0 Å². The molecule has 0 radical (unpaired) electrons. The first kappa shape index (κ1) is 11.0. The first-order valence-corrected chi connectivity index (χ1v) is 5.39. The van der Waals surface area contributed by atoms with Crippen LogP contribution >= 0.6 is 45.2 Å². The largest absolute Gasteiger partial charge is 0.490 e. The second kappa shape index (κ2) is 4.40. The Morgan fingerprint density at radius 2 is 2.08 bits per heavy atom. The average molecular weight is 405 g/mol. The molecule has 4 nitrogen and oxygen atoms in total. The van der Waals surface area contributed by atoms with Crippen molar-refractivity contribution in [1.29, 1.82) is 0 Å². The van der Waals surface area contributed by atoms with Gasteiger partial charge in [-0.25, -0.2) is 0 Å². The molecule has 6 heteroatoms. The number of halogens is 2. The molecule has 0 amide bonds. The molecule has 0 aromatic heterocycles. The average Bonchev–Trinajstić information content (AvgIpc) is 2.01. The smallest absolute Gasteiger partial charge is 0.324 e. The zero-order valence-corrected chi connectivity index (χ0v) is 10.9. The predicted molar refractivity (Wildman–Crippen MR) is 65.1 cm³/mol. The summed E-state index contributed by atoms with van der Waals surface area (Å²) in [5, 5.41) is 10.6. The lowest BCUT2D eigenvalue weighted by atomic mass is 10.3. The summed E-state index contributed by atoms with van der Waals surface area (Å²) in [6.07, 6.45) is 0. The Balaban J connectivity index is 3.38. The van der Waals surface area contributed by atoms with E-state index >= 15 is 0 Å². The number of rotatable bonds is 2. The topological polar surface area (TPSA) is 52.4 Å². The predicted octanol–water partition coefficient (Wildman–Crippen LogP) is 2.81. The zero-order chi connectivity index (χ0) is 10.0. The zero-order valence-electron chi connectivity index (χ0n) is 6.58. The van der Waals surface area contributed by atoms with Gasteiger partial charge < -0.3 is 4.74 Å². The quantitative estimate of drug-likeness (QED) is 0.432. The molecule has 70 valence electrons. The molecule has 1 aromatic rings. The first-order chi connectivity index (χ1) is 6.06. The van der Waals surface area contributed by atoms with Gasteiger partial charge in [0.1, 0.15) is 0 Å². The molecule has 0 spiro atoms. The van der Waals surface area contributed by atoms with Crippen LogP contribution in [0.4, 0.5) is 5.69 Å². The lowest BCUT2D eigenvalue weighted by Gasteiger charge is -2.03. The summed E-state index contributed by atoms with van der Waals surface area (Å²) in [5.41, 5.74) is 0.0310. The van der Waals surface area contributed by atoms with E-state index in [1.165, 1.54) is 7.11 Å². The van der Waals surface area contributed by atoms with Gasteiger partial charge in [0.25, 0.3) is 0 Å². The standard InChI is InChI=1S/C7H5I2NO3/c1-13-6-3-4(8)2-5(9)7(6)10(11)12/h2-3H,1H3. The molecule has 0 aliphatic rings. The second-order valence-electron chi connectivity index (χ2n) is 2.20. The van der Waals surface area contributed by atoms with Gasteiger partial charge in [0.05, 0.1) is 15.6 Å². The van der Waals surface area contributed by atoms with Crippen molar-refractivity contribution in [2.75, 3.05) is 7.11 Å². The molecule has 0 fully saturated rings. The summed E-state index contributed by atoms with van der Waals surface area (Å²) in [6, 6.07) is 3.38. The highest BCUT2D eigenvalue weighted by Crippen LogP contribution is 2.33. The summed E-state index contributed by atoms with van der Waals surface area (Å²) in [4.78, 5) is 10.2. The van der Waals surface area contributed by atoms with Crippen molar-refractivity contribution in [3.05, 3.63) is 29.4 Å². The molecule has 0 bridgehead atoms. The van der Waals surface area contributed by atoms with Crippen LogP contribution in [0.2, 0.25) is 0 Å². The third kappa shape index (κ3) is 2.42.